The fourth-order valence-corrected chi connectivity index (χ4v) is 1.49. The Morgan fingerprint density at radius 2 is 2.07 bits per heavy atom. The predicted molar refractivity (Wildman–Crippen MR) is 57.9 cm³/mol. The molecule has 2 rings (SSSR count). The lowest BCUT2D eigenvalue weighted by Crippen LogP contribution is -2.21. The van der Waals surface area contributed by atoms with Gasteiger partial charge in [-0.2, -0.15) is 0 Å². The molecule has 0 bridgehead atoms. The average molecular weight is 225 g/mol. The Morgan fingerprint density at radius 3 is 2.67 bits per heavy atom. The molecule has 0 amide bonds. The summed E-state index contributed by atoms with van der Waals surface area (Å²) < 4.78 is 16.1. The molecular weight excluding hydrogens is 214 g/mol. The Labute approximate surface area is 92.6 Å². The summed E-state index contributed by atoms with van der Waals surface area (Å²) >= 11 is 4.79. The molecule has 0 aromatic carbocycles. The summed E-state index contributed by atoms with van der Waals surface area (Å²) in [6, 6.07) is 3.60. The van der Waals surface area contributed by atoms with Crippen molar-refractivity contribution in [2.24, 2.45) is 5.73 Å². The zero-order chi connectivity index (χ0) is 10.9. The van der Waals surface area contributed by atoms with Crippen LogP contribution in [0.2, 0.25) is 0 Å². The smallest absolute Gasteiger partial charge is 0.306 e. The van der Waals surface area contributed by atoms with Crippen LogP contribution in [0.5, 0.6) is 0 Å². The molecule has 0 saturated carbocycles. The van der Waals surface area contributed by atoms with Gasteiger partial charge >= 0.3 is 5.79 Å². The maximum absolute atomic E-state index is 5.52. The Hall–Kier alpha value is -1.49. The SMILES string of the molecule is CC1(c2ccc(CC(N)=S)o2)OC=CO1. The molecule has 0 spiro atoms. The normalized spacial score (nSPS) is 17.1. The highest BCUT2D eigenvalue weighted by Crippen LogP contribution is 2.32. The molecule has 5 heteroatoms. The lowest BCUT2D eigenvalue weighted by atomic mass is 10.2. The van der Waals surface area contributed by atoms with Crippen molar-refractivity contribution in [1.29, 1.82) is 0 Å². The topological polar surface area (TPSA) is 57.6 Å². The number of hydrogen-bond acceptors (Lipinski definition) is 4. The molecular formula is C10H11NO3S. The van der Waals surface area contributed by atoms with Crippen LogP contribution >= 0.6 is 12.2 Å². The van der Waals surface area contributed by atoms with Gasteiger partial charge in [0.2, 0.25) is 0 Å². The fourth-order valence-electron chi connectivity index (χ4n) is 1.35. The van der Waals surface area contributed by atoms with Crippen molar-refractivity contribution >= 4 is 17.2 Å². The van der Waals surface area contributed by atoms with Gasteiger partial charge in [-0.1, -0.05) is 12.2 Å². The molecule has 0 unspecified atom stereocenters. The van der Waals surface area contributed by atoms with Crippen molar-refractivity contribution < 1.29 is 13.9 Å². The lowest BCUT2D eigenvalue weighted by Gasteiger charge is -2.19. The van der Waals surface area contributed by atoms with E-state index in [1.807, 2.05) is 6.07 Å². The molecule has 80 valence electrons. The van der Waals surface area contributed by atoms with Gasteiger partial charge in [0.05, 0.1) is 11.4 Å². The maximum atomic E-state index is 5.52. The Kier molecular flexibility index (Phi) is 2.40. The first-order chi connectivity index (χ1) is 7.10. The van der Waals surface area contributed by atoms with Gasteiger partial charge in [0.25, 0.3) is 0 Å². The zero-order valence-electron chi connectivity index (χ0n) is 8.23. The van der Waals surface area contributed by atoms with E-state index in [1.165, 1.54) is 12.5 Å². The summed E-state index contributed by atoms with van der Waals surface area (Å²) in [4.78, 5) is 0.396. The van der Waals surface area contributed by atoms with Crippen LogP contribution in [0.15, 0.2) is 29.1 Å². The maximum Gasteiger partial charge on any atom is 0.306 e. The largest absolute Gasteiger partial charge is 0.457 e. The number of hydrogen-bond donors (Lipinski definition) is 1. The first-order valence-electron chi connectivity index (χ1n) is 4.48. The van der Waals surface area contributed by atoms with Gasteiger partial charge < -0.3 is 19.6 Å². The van der Waals surface area contributed by atoms with E-state index < -0.39 is 5.79 Å². The fraction of sp³-hybridized carbons (Fsp3) is 0.300. The predicted octanol–water partition coefficient (Wildman–Crippen LogP) is 1.80. The molecule has 2 N–H and O–H groups in total. The Bertz CT molecular complexity index is 403. The number of furan rings is 1. The third kappa shape index (κ3) is 1.97. The van der Waals surface area contributed by atoms with E-state index in [1.54, 1.807) is 13.0 Å². The molecule has 2 heterocycles. The zero-order valence-corrected chi connectivity index (χ0v) is 9.04. The second kappa shape index (κ2) is 3.58. The van der Waals surface area contributed by atoms with E-state index in [2.05, 4.69) is 0 Å². The van der Waals surface area contributed by atoms with Crippen LogP contribution in [-0.4, -0.2) is 4.99 Å². The minimum absolute atomic E-state index is 0.396. The molecule has 1 aromatic heterocycles. The molecule has 15 heavy (non-hydrogen) atoms. The van der Waals surface area contributed by atoms with Crippen LogP contribution in [0.25, 0.3) is 0 Å². The lowest BCUT2D eigenvalue weighted by molar-refractivity contribution is -0.147. The third-order valence-electron chi connectivity index (χ3n) is 2.10. The van der Waals surface area contributed by atoms with E-state index in [9.17, 15) is 0 Å². The molecule has 4 nitrogen and oxygen atoms in total. The van der Waals surface area contributed by atoms with Gasteiger partial charge in [0.15, 0.2) is 5.76 Å². The summed E-state index contributed by atoms with van der Waals surface area (Å²) in [6.45, 7) is 1.77. The molecule has 1 aliphatic heterocycles. The molecule has 0 saturated heterocycles. The quantitative estimate of drug-likeness (QED) is 0.795. The third-order valence-corrected chi connectivity index (χ3v) is 2.24. The van der Waals surface area contributed by atoms with Crippen LogP contribution in [0, 0.1) is 0 Å². The molecule has 0 fully saturated rings. The van der Waals surface area contributed by atoms with Gasteiger partial charge in [-0.25, -0.2) is 0 Å². The number of rotatable bonds is 3. The van der Waals surface area contributed by atoms with E-state index in [4.69, 9.17) is 31.8 Å². The first-order valence-corrected chi connectivity index (χ1v) is 4.89. The molecule has 1 aromatic rings. The van der Waals surface area contributed by atoms with Crippen molar-refractivity contribution in [1.82, 2.24) is 0 Å². The second-order valence-corrected chi connectivity index (χ2v) is 3.89. The van der Waals surface area contributed by atoms with Gasteiger partial charge in [0, 0.05) is 6.92 Å². The summed E-state index contributed by atoms with van der Waals surface area (Å²) in [5.74, 6) is 0.436. The van der Waals surface area contributed by atoms with E-state index in [0.717, 1.165) is 0 Å². The number of ether oxygens (including phenoxy) is 2. The van der Waals surface area contributed by atoms with E-state index >= 15 is 0 Å². The van der Waals surface area contributed by atoms with Gasteiger partial charge in [-0.15, -0.1) is 0 Å². The summed E-state index contributed by atoms with van der Waals surface area (Å²) in [6.07, 6.45) is 3.41. The standard InChI is InChI=1S/C10H11NO3S/c1-10(12-4-5-13-10)8-3-2-7(14-8)6-9(11)15/h2-5H,6H2,1H3,(H2,11,15). The number of thiocarbonyl (C=S) groups is 1. The van der Waals surface area contributed by atoms with Crippen LogP contribution < -0.4 is 5.73 Å². The minimum Gasteiger partial charge on any atom is -0.457 e. The van der Waals surface area contributed by atoms with Crippen molar-refractivity contribution in [3.63, 3.8) is 0 Å². The highest BCUT2D eigenvalue weighted by atomic mass is 32.1. The molecule has 0 aliphatic carbocycles. The van der Waals surface area contributed by atoms with Gasteiger partial charge in [-0.3, -0.25) is 0 Å². The van der Waals surface area contributed by atoms with Crippen molar-refractivity contribution in [3.8, 4) is 0 Å². The van der Waals surface area contributed by atoms with E-state index in [-0.39, 0.29) is 0 Å². The number of nitrogens with two attached hydrogens (primary N) is 1. The van der Waals surface area contributed by atoms with E-state index in [0.29, 0.717) is 22.9 Å². The second-order valence-electron chi connectivity index (χ2n) is 3.36. The Morgan fingerprint density at radius 1 is 1.40 bits per heavy atom. The van der Waals surface area contributed by atoms with Gasteiger partial charge in [-0.05, 0) is 12.1 Å². The van der Waals surface area contributed by atoms with Crippen LogP contribution in [-0.2, 0) is 21.7 Å². The van der Waals surface area contributed by atoms with Crippen molar-refractivity contribution in [2.75, 3.05) is 0 Å². The minimum atomic E-state index is -0.867. The Balaban J connectivity index is 2.16. The molecule has 0 atom stereocenters. The van der Waals surface area contributed by atoms with Gasteiger partial charge in [0.1, 0.15) is 18.3 Å². The van der Waals surface area contributed by atoms with Crippen molar-refractivity contribution in [2.45, 2.75) is 19.1 Å². The van der Waals surface area contributed by atoms with Crippen LogP contribution in [0.3, 0.4) is 0 Å². The first kappa shape index (κ1) is 10.0. The molecule has 1 aliphatic rings. The summed E-state index contributed by atoms with van der Waals surface area (Å²) in [5, 5.41) is 0. The van der Waals surface area contributed by atoms with Crippen molar-refractivity contribution in [3.05, 3.63) is 36.2 Å². The average Bonchev–Trinajstić information content (AvgIpc) is 2.74. The highest BCUT2D eigenvalue weighted by molar-refractivity contribution is 7.80. The van der Waals surface area contributed by atoms with Crippen LogP contribution in [0.1, 0.15) is 18.4 Å². The molecule has 0 radical (unpaired) electrons. The van der Waals surface area contributed by atoms with Crippen LogP contribution in [0.4, 0.5) is 0 Å². The summed E-state index contributed by atoms with van der Waals surface area (Å²) in [5.41, 5.74) is 5.42. The monoisotopic (exact) mass is 225 g/mol. The summed E-state index contributed by atoms with van der Waals surface area (Å²) in [7, 11) is 0. The highest BCUT2D eigenvalue weighted by Gasteiger charge is 2.35.